The Bertz CT molecular complexity index is 997. The van der Waals surface area contributed by atoms with E-state index in [4.69, 9.17) is 14.0 Å². The van der Waals surface area contributed by atoms with Crippen LogP contribution in [0.4, 0.5) is 0 Å². The standard InChI is InChI=1S/C22H24N2O5/c1-4-5-10-18-21(14(2)24-29-18)17-12-23-20(27-3)11-19(17)28-13-15-8-6-7-9-16(15)22(25)26/h6-9,11-12H,4-5,10,13H2,1-3H3,(H,25,26). The van der Waals surface area contributed by atoms with E-state index in [0.29, 0.717) is 17.2 Å². The number of ether oxygens (including phenoxy) is 2. The fourth-order valence-electron chi connectivity index (χ4n) is 3.12. The number of hydrogen-bond acceptors (Lipinski definition) is 6. The maximum absolute atomic E-state index is 11.5. The van der Waals surface area contributed by atoms with Crippen LogP contribution in [0, 0.1) is 6.92 Å². The van der Waals surface area contributed by atoms with Crippen molar-refractivity contribution in [3.63, 3.8) is 0 Å². The third-order valence-corrected chi connectivity index (χ3v) is 4.64. The van der Waals surface area contributed by atoms with Gasteiger partial charge in [-0.05, 0) is 19.4 Å². The molecule has 7 nitrogen and oxygen atoms in total. The van der Waals surface area contributed by atoms with Crippen LogP contribution < -0.4 is 9.47 Å². The van der Waals surface area contributed by atoms with E-state index in [2.05, 4.69) is 17.1 Å². The van der Waals surface area contributed by atoms with Crippen LogP contribution in [-0.4, -0.2) is 28.3 Å². The molecule has 0 saturated heterocycles. The van der Waals surface area contributed by atoms with Gasteiger partial charge in [0.1, 0.15) is 18.1 Å². The maximum Gasteiger partial charge on any atom is 0.336 e. The molecule has 152 valence electrons. The van der Waals surface area contributed by atoms with Crippen LogP contribution in [0.15, 0.2) is 41.1 Å². The quantitative estimate of drug-likeness (QED) is 0.561. The summed E-state index contributed by atoms with van der Waals surface area (Å²) >= 11 is 0. The second-order valence-electron chi connectivity index (χ2n) is 6.64. The van der Waals surface area contributed by atoms with Crippen molar-refractivity contribution < 1.29 is 23.9 Å². The molecule has 0 saturated carbocycles. The van der Waals surface area contributed by atoms with Crippen LogP contribution in [0.25, 0.3) is 11.1 Å². The van der Waals surface area contributed by atoms with Crippen molar-refractivity contribution in [3.05, 3.63) is 59.1 Å². The molecule has 29 heavy (non-hydrogen) atoms. The molecule has 0 radical (unpaired) electrons. The molecule has 0 aliphatic heterocycles. The Morgan fingerprint density at radius 1 is 1.28 bits per heavy atom. The summed E-state index contributed by atoms with van der Waals surface area (Å²) in [5, 5.41) is 13.5. The highest BCUT2D eigenvalue weighted by molar-refractivity contribution is 5.89. The lowest BCUT2D eigenvalue weighted by Crippen LogP contribution is -2.06. The van der Waals surface area contributed by atoms with Gasteiger partial charge in [-0.15, -0.1) is 0 Å². The van der Waals surface area contributed by atoms with Gasteiger partial charge in [-0.1, -0.05) is 36.7 Å². The molecule has 2 heterocycles. The van der Waals surface area contributed by atoms with Crippen molar-refractivity contribution in [2.24, 2.45) is 0 Å². The lowest BCUT2D eigenvalue weighted by atomic mass is 10.0. The van der Waals surface area contributed by atoms with Crippen molar-refractivity contribution in [2.45, 2.75) is 39.7 Å². The number of aromatic carboxylic acids is 1. The maximum atomic E-state index is 11.5. The normalized spacial score (nSPS) is 10.7. The average molecular weight is 396 g/mol. The summed E-state index contributed by atoms with van der Waals surface area (Å²) in [5.41, 5.74) is 3.13. The molecule has 0 unspecified atom stereocenters. The monoisotopic (exact) mass is 396 g/mol. The molecule has 1 aromatic carbocycles. The summed E-state index contributed by atoms with van der Waals surface area (Å²) in [6.45, 7) is 4.09. The molecule has 0 bridgehead atoms. The third-order valence-electron chi connectivity index (χ3n) is 4.64. The Balaban J connectivity index is 1.98. The second-order valence-corrected chi connectivity index (χ2v) is 6.64. The molecule has 0 aliphatic rings. The zero-order chi connectivity index (χ0) is 20.8. The molecule has 1 N–H and O–H groups in total. The molecule has 0 fully saturated rings. The minimum Gasteiger partial charge on any atom is -0.488 e. The van der Waals surface area contributed by atoms with Gasteiger partial charge in [0.05, 0.1) is 23.9 Å². The summed E-state index contributed by atoms with van der Waals surface area (Å²) in [4.78, 5) is 15.8. The number of rotatable bonds is 9. The number of nitrogens with zero attached hydrogens (tertiary/aromatic N) is 2. The number of pyridine rings is 1. The number of methoxy groups -OCH3 is 1. The Kier molecular flexibility index (Phi) is 6.49. The summed E-state index contributed by atoms with van der Waals surface area (Å²) in [7, 11) is 1.53. The lowest BCUT2D eigenvalue weighted by Gasteiger charge is -2.14. The smallest absolute Gasteiger partial charge is 0.336 e. The number of carbonyl (C=O) groups is 1. The summed E-state index contributed by atoms with van der Waals surface area (Å²) in [5.74, 6) is 0.723. The topological polar surface area (TPSA) is 94.7 Å². The van der Waals surface area contributed by atoms with Gasteiger partial charge >= 0.3 is 5.97 Å². The van der Waals surface area contributed by atoms with Crippen molar-refractivity contribution in [2.75, 3.05) is 7.11 Å². The molecular formula is C22H24N2O5. The fourth-order valence-corrected chi connectivity index (χ4v) is 3.12. The van der Waals surface area contributed by atoms with E-state index in [1.807, 2.05) is 6.92 Å². The first-order chi connectivity index (χ1) is 14.0. The van der Waals surface area contributed by atoms with Crippen molar-refractivity contribution in [3.8, 4) is 22.8 Å². The van der Waals surface area contributed by atoms with Crippen LogP contribution in [0.3, 0.4) is 0 Å². The van der Waals surface area contributed by atoms with Crippen LogP contribution in [0.1, 0.15) is 47.1 Å². The summed E-state index contributed by atoms with van der Waals surface area (Å²) < 4.78 is 16.8. The first-order valence-electron chi connectivity index (χ1n) is 9.48. The second kappa shape index (κ2) is 9.23. The number of carboxylic acids is 1. The molecule has 0 atom stereocenters. The van der Waals surface area contributed by atoms with Crippen LogP contribution >= 0.6 is 0 Å². The van der Waals surface area contributed by atoms with E-state index in [0.717, 1.165) is 41.8 Å². The Morgan fingerprint density at radius 3 is 2.79 bits per heavy atom. The Morgan fingerprint density at radius 2 is 2.07 bits per heavy atom. The summed E-state index contributed by atoms with van der Waals surface area (Å²) in [6.07, 6.45) is 4.45. The van der Waals surface area contributed by atoms with Gasteiger partial charge < -0.3 is 19.1 Å². The van der Waals surface area contributed by atoms with Crippen LogP contribution in [0.5, 0.6) is 11.6 Å². The molecule has 0 aliphatic carbocycles. The van der Waals surface area contributed by atoms with E-state index >= 15 is 0 Å². The predicted molar refractivity (Wildman–Crippen MR) is 107 cm³/mol. The zero-order valence-electron chi connectivity index (χ0n) is 16.8. The van der Waals surface area contributed by atoms with E-state index in [-0.39, 0.29) is 12.2 Å². The van der Waals surface area contributed by atoms with Crippen LogP contribution in [0.2, 0.25) is 0 Å². The molecule has 3 aromatic rings. The number of unbranched alkanes of at least 4 members (excludes halogenated alkanes) is 1. The predicted octanol–water partition coefficient (Wildman–Crippen LogP) is 4.67. The Labute approximate surface area is 169 Å². The molecule has 2 aromatic heterocycles. The largest absolute Gasteiger partial charge is 0.488 e. The molecule has 0 spiro atoms. The lowest BCUT2D eigenvalue weighted by molar-refractivity contribution is 0.0694. The highest BCUT2D eigenvalue weighted by Crippen LogP contribution is 2.37. The van der Waals surface area contributed by atoms with Crippen molar-refractivity contribution in [1.29, 1.82) is 0 Å². The fraction of sp³-hybridized carbons (Fsp3) is 0.318. The van der Waals surface area contributed by atoms with Gasteiger partial charge in [-0.2, -0.15) is 0 Å². The van der Waals surface area contributed by atoms with Gasteiger partial charge in [0, 0.05) is 29.8 Å². The summed E-state index contributed by atoms with van der Waals surface area (Å²) in [6, 6.07) is 8.45. The third kappa shape index (κ3) is 4.56. The number of aryl methyl sites for hydroxylation is 2. The first-order valence-corrected chi connectivity index (χ1v) is 9.48. The molecule has 7 heteroatoms. The van der Waals surface area contributed by atoms with E-state index in [9.17, 15) is 9.90 Å². The van der Waals surface area contributed by atoms with E-state index < -0.39 is 5.97 Å². The van der Waals surface area contributed by atoms with Gasteiger partial charge in [0.2, 0.25) is 5.88 Å². The van der Waals surface area contributed by atoms with Crippen molar-refractivity contribution in [1.82, 2.24) is 10.1 Å². The number of carboxylic acid groups (broad SMARTS) is 1. The Hall–Kier alpha value is -3.35. The minimum absolute atomic E-state index is 0.0945. The van der Waals surface area contributed by atoms with Gasteiger partial charge in [0.25, 0.3) is 0 Å². The van der Waals surface area contributed by atoms with E-state index in [1.165, 1.54) is 7.11 Å². The molecule has 0 amide bonds. The average Bonchev–Trinajstić information content (AvgIpc) is 3.10. The minimum atomic E-state index is -0.992. The number of hydrogen-bond donors (Lipinski definition) is 1. The van der Waals surface area contributed by atoms with Gasteiger partial charge in [0.15, 0.2) is 0 Å². The molecule has 3 rings (SSSR count). The van der Waals surface area contributed by atoms with E-state index in [1.54, 1.807) is 36.5 Å². The van der Waals surface area contributed by atoms with Gasteiger partial charge in [-0.3, -0.25) is 0 Å². The molecular weight excluding hydrogens is 372 g/mol. The van der Waals surface area contributed by atoms with Crippen molar-refractivity contribution >= 4 is 5.97 Å². The van der Waals surface area contributed by atoms with Gasteiger partial charge in [-0.25, -0.2) is 9.78 Å². The zero-order valence-corrected chi connectivity index (χ0v) is 16.8. The SMILES string of the molecule is CCCCc1onc(C)c1-c1cnc(OC)cc1OCc1ccccc1C(=O)O. The first kappa shape index (κ1) is 20.4. The van der Waals surface area contributed by atoms with Crippen LogP contribution in [-0.2, 0) is 13.0 Å². The number of aromatic nitrogens is 2. The highest BCUT2D eigenvalue weighted by atomic mass is 16.5. The number of benzene rings is 1. The highest BCUT2D eigenvalue weighted by Gasteiger charge is 2.20.